The predicted molar refractivity (Wildman–Crippen MR) is 100 cm³/mol. The maximum Gasteiger partial charge on any atom is 0.287 e. The summed E-state index contributed by atoms with van der Waals surface area (Å²) in [6.45, 7) is 6.15. The Morgan fingerprint density at radius 1 is 1.42 bits per heavy atom. The summed E-state index contributed by atoms with van der Waals surface area (Å²) < 4.78 is 11.3. The van der Waals surface area contributed by atoms with Gasteiger partial charge in [-0.15, -0.1) is 0 Å². The van der Waals surface area contributed by atoms with Crippen LogP contribution in [0.15, 0.2) is 35.6 Å². The molecule has 0 fully saturated rings. The molecular weight excluding hydrogens is 360 g/mol. The Hall–Kier alpha value is -2.87. The number of nitrogens with one attached hydrogen (secondary N) is 1. The highest BCUT2D eigenvalue weighted by Crippen LogP contribution is 2.37. The van der Waals surface area contributed by atoms with Gasteiger partial charge in [-0.3, -0.25) is 15.5 Å². The lowest BCUT2D eigenvalue weighted by atomic mass is 10.2. The minimum atomic E-state index is -0.516. The van der Waals surface area contributed by atoms with Gasteiger partial charge in [-0.2, -0.15) is 5.10 Å². The number of benzene rings is 1. The zero-order chi connectivity index (χ0) is 19.1. The number of rotatable bonds is 8. The van der Waals surface area contributed by atoms with E-state index in [2.05, 4.69) is 15.5 Å². The van der Waals surface area contributed by atoms with Crippen LogP contribution in [0.25, 0.3) is 0 Å². The molecule has 2 aromatic rings. The van der Waals surface area contributed by atoms with E-state index in [-0.39, 0.29) is 11.8 Å². The SMILES string of the molecule is CCOc1cc(/C=N/Nc2ccc([N+](=O)[O-])cn2)cc(Cl)c1OC(C)C. The zero-order valence-electron chi connectivity index (χ0n) is 14.6. The molecule has 26 heavy (non-hydrogen) atoms. The largest absolute Gasteiger partial charge is 0.490 e. The highest BCUT2D eigenvalue weighted by atomic mass is 35.5. The van der Waals surface area contributed by atoms with E-state index in [1.54, 1.807) is 12.1 Å². The Kier molecular flexibility index (Phi) is 6.74. The number of nitro groups is 1. The summed E-state index contributed by atoms with van der Waals surface area (Å²) in [5.74, 6) is 1.40. The Balaban J connectivity index is 2.15. The molecule has 0 spiro atoms. The van der Waals surface area contributed by atoms with Gasteiger partial charge in [-0.1, -0.05) is 11.6 Å². The van der Waals surface area contributed by atoms with Crippen LogP contribution in [-0.2, 0) is 0 Å². The predicted octanol–water partition coefficient (Wildman–Crippen LogP) is 4.28. The fourth-order valence-corrected chi connectivity index (χ4v) is 2.27. The highest BCUT2D eigenvalue weighted by Gasteiger charge is 2.13. The molecular formula is C17H19ClN4O4. The number of nitrogens with zero attached hydrogens (tertiary/aromatic N) is 3. The van der Waals surface area contributed by atoms with E-state index < -0.39 is 4.92 Å². The van der Waals surface area contributed by atoms with Gasteiger partial charge in [0.2, 0.25) is 0 Å². The Labute approximate surface area is 155 Å². The monoisotopic (exact) mass is 378 g/mol. The molecule has 0 amide bonds. The third kappa shape index (κ3) is 5.32. The van der Waals surface area contributed by atoms with E-state index in [1.165, 1.54) is 18.3 Å². The van der Waals surface area contributed by atoms with Gasteiger partial charge in [0.05, 0.1) is 28.9 Å². The van der Waals surface area contributed by atoms with Crippen molar-refractivity contribution in [3.05, 3.63) is 51.2 Å². The number of hydrazone groups is 1. The maximum atomic E-state index is 10.6. The van der Waals surface area contributed by atoms with Crippen LogP contribution >= 0.6 is 11.6 Å². The summed E-state index contributed by atoms with van der Waals surface area (Å²) in [5.41, 5.74) is 3.31. The first-order valence-corrected chi connectivity index (χ1v) is 8.31. The number of hydrogen-bond donors (Lipinski definition) is 1. The summed E-state index contributed by atoms with van der Waals surface area (Å²) in [4.78, 5) is 14.0. The minimum absolute atomic E-state index is 0.0406. The van der Waals surface area contributed by atoms with E-state index in [1.807, 2.05) is 20.8 Å². The molecule has 2 rings (SSSR count). The average Bonchev–Trinajstić information content (AvgIpc) is 2.58. The molecule has 0 saturated carbocycles. The standard InChI is InChI=1S/C17H19ClN4O4/c1-4-25-15-8-12(7-14(18)17(15)26-11(2)3)9-20-21-16-6-5-13(10-19-16)22(23)24/h5-11H,4H2,1-3H3,(H,19,21)/b20-9+. The first kappa shape index (κ1) is 19.5. The lowest BCUT2D eigenvalue weighted by Gasteiger charge is -2.16. The number of aromatic nitrogens is 1. The topological polar surface area (TPSA) is 98.9 Å². The Morgan fingerprint density at radius 3 is 2.77 bits per heavy atom. The molecule has 0 saturated heterocycles. The summed E-state index contributed by atoms with van der Waals surface area (Å²) in [6.07, 6.45) is 2.65. The summed E-state index contributed by atoms with van der Waals surface area (Å²) >= 11 is 6.29. The van der Waals surface area contributed by atoms with Crippen LogP contribution in [0.1, 0.15) is 26.3 Å². The van der Waals surface area contributed by atoms with Crippen LogP contribution < -0.4 is 14.9 Å². The van der Waals surface area contributed by atoms with E-state index in [0.717, 1.165) is 6.20 Å². The second-order valence-electron chi connectivity index (χ2n) is 5.46. The van der Waals surface area contributed by atoms with Crippen molar-refractivity contribution in [3.8, 4) is 11.5 Å². The van der Waals surface area contributed by atoms with Crippen molar-refractivity contribution < 1.29 is 14.4 Å². The molecule has 0 bridgehead atoms. The van der Waals surface area contributed by atoms with Crippen molar-refractivity contribution in [3.63, 3.8) is 0 Å². The average molecular weight is 379 g/mol. The molecule has 0 aliphatic rings. The summed E-state index contributed by atoms with van der Waals surface area (Å²) in [5, 5.41) is 15.1. The normalized spacial score (nSPS) is 11.0. The van der Waals surface area contributed by atoms with Crippen LogP contribution in [0.4, 0.5) is 11.5 Å². The zero-order valence-corrected chi connectivity index (χ0v) is 15.4. The third-order valence-electron chi connectivity index (χ3n) is 3.04. The van der Waals surface area contributed by atoms with E-state index in [9.17, 15) is 10.1 Å². The van der Waals surface area contributed by atoms with Crippen LogP contribution in [0.3, 0.4) is 0 Å². The molecule has 0 radical (unpaired) electrons. The molecule has 1 heterocycles. The second-order valence-corrected chi connectivity index (χ2v) is 5.87. The molecule has 8 nitrogen and oxygen atoms in total. The van der Waals surface area contributed by atoms with Gasteiger partial charge in [0.15, 0.2) is 11.5 Å². The number of halogens is 1. The molecule has 138 valence electrons. The molecule has 0 unspecified atom stereocenters. The molecule has 0 aliphatic heterocycles. The Morgan fingerprint density at radius 2 is 2.19 bits per heavy atom. The van der Waals surface area contributed by atoms with Crippen LogP contribution in [0.2, 0.25) is 5.02 Å². The van der Waals surface area contributed by atoms with Gasteiger partial charge >= 0.3 is 0 Å². The van der Waals surface area contributed by atoms with Crippen molar-refractivity contribution in [2.45, 2.75) is 26.9 Å². The van der Waals surface area contributed by atoms with Crippen LogP contribution in [-0.4, -0.2) is 28.8 Å². The van der Waals surface area contributed by atoms with E-state index in [0.29, 0.717) is 34.5 Å². The van der Waals surface area contributed by atoms with Crippen molar-refractivity contribution in [1.82, 2.24) is 4.98 Å². The summed E-state index contributed by atoms with van der Waals surface area (Å²) in [7, 11) is 0. The van der Waals surface area contributed by atoms with Gasteiger partial charge in [0.25, 0.3) is 5.69 Å². The fourth-order valence-electron chi connectivity index (χ4n) is 2.01. The van der Waals surface area contributed by atoms with Gasteiger partial charge in [0.1, 0.15) is 12.0 Å². The van der Waals surface area contributed by atoms with Crippen molar-refractivity contribution >= 4 is 29.3 Å². The first-order chi connectivity index (χ1) is 12.4. The van der Waals surface area contributed by atoms with Crippen molar-refractivity contribution in [2.24, 2.45) is 5.10 Å². The van der Waals surface area contributed by atoms with E-state index >= 15 is 0 Å². The molecule has 1 aromatic heterocycles. The molecule has 0 aliphatic carbocycles. The quantitative estimate of drug-likeness (QED) is 0.418. The molecule has 1 aromatic carbocycles. The highest BCUT2D eigenvalue weighted by molar-refractivity contribution is 6.32. The molecule has 9 heteroatoms. The first-order valence-electron chi connectivity index (χ1n) is 7.93. The molecule has 1 N–H and O–H groups in total. The summed E-state index contributed by atoms with van der Waals surface area (Å²) in [6, 6.07) is 6.28. The van der Waals surface area contributed by atoms with Crippen LogP contribution in [0, 0.1) is 10.1 Å². The fraction of sp³-hybridized carbons (Fsp3) is 0.294. The lowest BCUT2D eigenvalue weighted by molar-refractivity contribution is -0.385. The number of ether oxygens (including phenoxy) is 2. The van der Waals surface area contributed by atoms with Gasteiger partial charge in [-0.05, 0) is 44.5 Å². The van der Waals surface area contributed by atoms with Gasteiger partial charge < -0.3 is 9.47 Å². The van der Waals surface area contributed by atoms with Gasteiger partial charge in [-0.25, -0.2) is 4.98 Å². The van der Waals surface area contributed by atoms with Crippen molar-refractivity contribution in [2.75, 3.05) is 12.0 Å². The minimum Gasteiger partial charge on any atom is -0.490 e. The number of pyridine rings is 1. The Bertz CT molecular complexity index is 794. The number of anilines is 1. The van der Waals surface area contributed by atoms with E-state index in [4.69, 9.17) is 21.1 Å². The smallest absolute Gasteiger partial charge is 0.287 e. The molecule has 0 atom stereocenters. The number of hydrogen-bond acceptors (Lipinski definition) is 7. The maximum absolute atomic E-state index is 10.6. The van der Waals surface area contributed by atoms with Crippen LogP contribution in [0.5, 0.6) is 11.5 Å². The third-order valence-corrected chi connectivity index (χ3v) is 3.32. The lowest BCUT2D eigenvalue weighted by Crippen LogP contribution is -2.08. The van der Waals surface area contributed by atoms with Crippen molar-refractivity contribution in [1.29, 1.82) is 0 Å². The second kappa shape index (κ2) is 9.00. The van der Waals surface area contributed by atoms with Gasteiger partial charge in [0, 0.05) is 6.07 Å².